The molecule has 0 fully saturated rings. The summed E-state index contributed by atoms with van der Waals surface area (Å²) in [5, 5.41) is 15.2. The molecule has 0 saturated carbocycles. The lowest BCUT2D eigenvalue weighted by Gasteiger charge is -2.12. The fraction of sp³-hybridized carbons (Fsp3) is 0.176. The Morgan fingerprint density at radius 3 is 2.60 bits per heavy atom. The van der Waals surface area contributed by atoms with Crippen LogP contribution in [-0.4, -0.2) is 36.4 Å². The van der Waals surface area contributed by atoms with E-state index < -0.39 is 5.97 Å². The predicted molar refractivity (Wildman–Crippen MR) is 108 cm³/mol. The first-order valence-electron chi connectivity index (χ1n) is 7.39. The third kappa shape index (κ3) is 3.97. The van der Waals surface area contributed by atoms with Gasteiger partial charge in [0.05, 0.1) is 9.90 Å². The Morgan fingerprint density at radius 2 is 2.00 bits per heavy atom. The summed E-state index contributed by atoms with van der Waals surface area (Å²) >= 11 is 4.33. The van der Waals surface area contributed by atoms with Gasteiger partial charge in [0, 0.05) is 36.4 Å². The van der Waals surface area contributed by atoms with Crippen LogP contribution in [0.4, 0.5) is 16.5 Å². The molecule has 25 heavy (non-hydrogen) atoms. The van der Waals surface area contributed by atoms with E-state index in [0.29, 0.717) is 4.88 Å². The molecule has 8 heteroatoms. The van der Waals surface area contributed by atoms with Gasteiger partial charge in [-0.1, -0.05) is 0 Å². The number of rotatable bonds is 6. The van der Waals surface area contributed by atoms with E-state index >= 15 is 0 Å². The Hall–Kier alpha value is -2.03. The Balaban J connectivity index is 1.82. The van der Waals surface area contributed by atoms with Gasteiger partial charge in [-0.15, -0.1) is 34.4 Å². The summed E-state index contributed by atoms with van der Waals surface area (Å²) in [5.41, 5.74) is 3.77. The minimum absolute atomic E-state index is 0.334. The number of nitrogens with zero attached hydrogens (tertiary/aromatic N) is 2. The first-order valence-corrected chi connectivity index (χ1v) is 10.3. The number of thioether (sulfide) groups is 1. The number of aromatic nitrogens is 1. The number of thiazole rings is 1. The molecular formula is C17H17N3O2S3. The first kappa shape index (κ1) is 17.8. The van der Waals surface area contributed by atoms with Crippen LogP contribution in [0.5, 0.6) is 0 Å². The van der Waals surface area contributed by atoms with Crippen LogP contribution in [0.25, 0.3) is 11.3 Å². The topological polar surface area (TPSA) is 65.5 Å². The van der Waals surface area contributed by atoms with Crippen molar-refractivity contribution in [2.24, 2.45) is 0 Å². The Bertz CT molecular complexity index is 885. The summed E-state index contributed by atoms with van der Waals surface area (Å²) in [6.07, 6.45) is 1.94. The van der Waals surface area contributed by atoms with Gasteiger partial charge in [0.15, 0.2) is 5.13 Å². The molecule has 2 heterocycles. The Morgan fingerprint density at radius 1 is 1.28 bits per heavy atom. The zero-order chi connectivity index (χ0) is 18.0. The van der Waals surface area contributed by atoms with Gasteiger partial charge in [0.25, 0.3) is 0 Å². The molecule has 1 aromatic carbocycles. The predicted octanol–water partition coefficient (Wildman–Crippen LogP) is 5.10. The van der Waals surface area contributed by atoms with Crippen molar-refractivity contribution in [1.82, 2.24) is 4.98 Å². The van der Waals surface area contributed by atoms with Gasteiger partial charge in [0.1, 0.15) is 4.88 Å². The minimum Gasteiger partial charge on any atom is -0.477 e. The van der Waals surface area contributed by atoms with Crippen LogP contribution in [0.3, 0.4) is 0 Å². The zero-order valence-corrected chi connectivity index (χ0v) is 16.4. The van der Waals surface area contributed by atoms with Crippen molar-refractivity contribution < 1.29 is 9.90 Å². The molecule has 0 aliphatic carbocycles. The van der Waals surface area contributed by atoms with Gasteiger partial charge in [-0.05, 0) is 36.6 Å². The van der Waals surface area contributed by atoms with E-state index in [4.69, 9.17) is 0 Å². The second kappa shape index (κ2) is 7.47. The molecule has 5 nitrogen and oxygen atoms in total. The molecule has 3 rings (SSSR count). The summed E-state index contributed by atoms with van der Waals surface area (Å²) in [4.78, 5) is 18.2. The molecule has 0 aliphatic rings. The van der Waals surface area contributed by atoms with E-state index in [-0.39, 0.29) is 0 Å². The van der Waals surface area contributed by atoms with E-state index in [2.05, 4.69) is 10.3 Å². The van der Waals surface area contributed by atoms with Crippen LogP contribution >= 0.6 is 34.4 Å². The van der Waals surface area contributed by atoms with E-state index in [0.717, 1.165) is 32.0 Å². The van der Waals surface area contributed by atoms with Gasteiger partial charge in [0.2, 0.25) is 0 Å². The average Bonchev–Trinajstić information content (AvgIpc) is 3.21. The lowest BCUT2D eigenvalue weighted by molar-refractivity contribution is 0.0702. The third-order valence-corrected chi connectivity index (χ3v) is 6.53. The molecular weight excluding hydrogens is 374 g/mol. The number of anilines is 3. The summed E-state index contributed by atoms with van der Waals surface area (Å²) in [5.74, 6) is -0.902. The van der Waals surface area contributed by atoms with Gasteiger partial charge < -0.3 is 15.3 Å². The number of aromatic carboxylic acids is 1. The van der Waals surface area contributed by atoms with Crippen LogP contribution in [0.15, 0.2) is 39.9 Å². The second-order valence-electron chi connectivity index (χ2n) is 5.43. The number of thiophene rings is 1. The van der Waals surface area contributed by atoms with Gasteiger partial charge in [-0.2, -0.15) is 0 Å². The lowest BCUT2D eigenvalue weighted by Crippen LogP contribution is -2.08. The van der Waals surface area contributed by atoms with Crippen LogP contribution < -0.4 is 10.2 Å². The molecule has 0 bridgehead atoms. The summed E-state index contributed by atoms with van der Waals surface area (Å²) in [6.45, 7) is 0. The highest BCUT2D eigenvalue weighted by atomic mass is 32.2. The number of carboxylic acids is 1. The van der Waals surface area contributed by atoms with Crippen molar-refractivity contribution in [3.63, 3.8) is 0 Å². The highest BCUT2D eigenvalue weighted by Crippen LogP contribution is 2.39. The van der Waals surface area contributed by atoms with Crippen LogP contribution in [-0.2, 0) is 0 Å². The normalized spacial score (nSPS) is 10.7. The molecule has 0 aliphatic heterocycles. The first-order chi connectivity index (χ1) is 12.0. The van der Waals surface area contributed by atoms with E-state index in [1.165, 1.54) is 22.7 Å². The molecule has 2 N–H and O–H groups in total. The number of carboxylic acid groups (broad SMARTS) is 1. The highest BCUT2D eigenvalue weighted by Gasteiger charge is 2.17. The monoisotopic (exact) mass is 391 g/mol. The van der Waals surface area contributed by atoms with Crippen molar-refractivity contribution in [3.8, 4) is 11.3 Å². The maximum atomic E-state index is 11.2. The maximum Gasteiger partial charge on any atom is 0.345 e. The van der Waals surface area contributed by atoms with Gasteiger partial charge >= 0.3 is 5.97 Å². The van der Waals surface area contributed by atoms with Crippen molar-refractivity contribution in [1.29, 1.82) is 0 Å². The number of hydrogen-bond donors (Lipinski definition) is 2. The van der Waals surface area contributed by atoms with Crippen molar-refractivity contribution in [3.05, 3.63) is 40.6 Å². The SMILES string of the molecule is CSc1sc(C(=O)O)cc1-c1csc(Nc2ccc(N(C)C)cc2)n1. The lowest BCUT2D eigenvalue weighted by atomic mass is 10.2. The average molecular weight is 392 g/mol. The Labute approximate surface area is 158 Å². The Kier molecular flexibility index (Phi) is 5.31. The largest absolute Gasteiger partial charge is 0.477 e. The second-order valence-corrected chi connectivity index (χ2v) is 8.41. The third-order valence-electron chi connectivity index (χ3n) is 3.51. The smallest absolute Gasteiger partial charge is 0.345 e. The molecule has 0 unspecified atom stereocenters. The molecule has 3 aromatic rings. The van der Waals surface area contributed by atoms with E-state index in [1.54, 1.807) is 17.8 Å². The summed E-state index contributed by atoms with van der Waals surface area (Å²) < 4.78 is 0.963. The molecule has 0 radical (unpaired) electrons. The van der Waals surface area contributed by atoms with Crippen molar-refractivity contribution in [2.75, 3.05) is 30.6 Å². The van der Waals surface area contributed by atoms with Crippen molar-refractivity contribution in [2.45, 2.75) is 4.21 Å². The zero-order valence-electron chi connectivity index (χ0n) is 13.9. The summed E-state index contributed by atoms with van der Waals surface area (Å²) in [6, 6.07) is 9.80. The fourth-order valence-corrected chi connectivity index (χ4v) is 4.69. The maximum absolute atomic E-state index is 11.2. The molecule has 0 amide bonds. The van der Waals surface area contributed by atoms with Crippen LogP contribution in [0.1, 0.15) is 9.67 Å². The molecule has 0 spiro atoms. The molecule has 2 aromatic heterocycles. The number of hydrogen-bond acceptors (Lipinski definition) is 7. The molecule has 130 valence electrons. The van der Waals surface area contributed by atoms with Crippen LogP contribution in [0, 0.1) is 0 Å². The van der Waals surface area contributed by atoms with Gasteiger partial charge in [-0.25, -0.2) is 9.78 Å². The number of carbonyl (C=O) groups is 1. The van der Waals surface area contributed by atoms with Crippen molar-refractivity contribution >= 4 is 56.9 Å². The quantitative estimate of drug-likeness (QED) is 0.570. The molecule has 0 atom stereocenters. The standard InChI is InChI=1S/C17H17N3O2S3/c1-20(2)11-6-4-10(5-7-11)18-17-19-13(9-24-17)12-8-14(15(21)22)25-16(12)23-3/h4-9H,1-3H3,(H,18,19)(H,21,22). The van der Waals surface area contributed by atoms with E-state index in [9.17, 15) is 9.90 Å². The van der Waals surface area contributed by atoms with E-state index in [1.807, 2.05) is 54.9 Å². The number of nitrogens with one attached hydrogen (secondary N) is 1. The summed E-state index contributed by atoms with van der Waals surface area (Å²) in [7, 11) is 4.01. The fourth-order valence-electron chi connectivity index (χ4n) is 2.23. The van der Waals surface area contributed by atoms with Crippen LogP contribution in [0.2, 0.25) is 0 Å². The number of benzene rings is 1. The molecule has 0 saturated heterocycles. The highest BCUT2D eigenvalue weighted by molar-refractivity contribution is 8.00. The minimum atomic E-state index is -0.902. The van der Waals surface area contributed by atoms with Gasteiger partial charge in [-0.3, -0.25) is 0 Å².